The number of benzene rings is 1. The van der Waals surface area contributed by atoms with Gasteiger partial charge >= 0.3 is 0 Å². The molecule has 128 valence electrons. The maximum Gasteiger partial charge on any atom is 0.251 e. The highest BCUT2D eigenvalue weighted by molar-refractivity contribution is 7.89. The van der Waals surface area contributed by atoms with E-state index in [0.29, 0.717) is 24.9 Å². The van der Waals surface area contributed by atoms with E-state index in [0.717, 1.165) is 6.42 Å². The Morgan fingerprint density at radius 1 is 1.30 bits per heavy atom. The number of nitrogens with one attached hydrogen (secondary N) is 1. The first-order chi connectivity index (χ1) is 10.8. The number of carbonyl (C=O) groups excluding carboxylic acids is 1. The van der Waals surface area contributed by atoms with Crippen molar-refractivity contribution in [3.8, 4) is 0 Å². The molecule has 1 aliphatic heterocycles. The lowest BCUT2D eigenvalue weighted by Crippen LogP contribution is -2.42. The van der Waals surface area contributed by atoms with Crippen LogP contribution in [0.15, 0.2) is 29.2 Å². The fraction of sp³-hybridized carbons (Fsp3) is 0.562. The van der Waals surface area contributed by atoms with Crippen molar-refractivity contribution in [2.45, 2.75) is 25.2 Å². The van der Waals surface area contributed by atoms with Gasteiger partial charge in [0.2, 0.25) is 10.0 Å². The number of carbonyl (C=O) groups is 1. The molecule has 1 amide bonds. The standard InChI is InChI=1S/C16H24N2O4S/c1-12-8-13(2)11-18(10-12)23(21,22)15-5-3-4-14(9-15)16(20)17-6-7-19/h3-5,9,12-13,19H,6-8,10-11H2,1-2H3,(H,17,20). The van der Waals surface area contributed by atoms with Crippen LogP contribution in [0.2, 0.25) is 0 Å². The van der Waals surface area contributed by atoms with Crippen LogP contribution in [0.3, 0.4) is 0 Å². The molecule has 1 aliphatic rings. The van der Waals surface area contributed by atoms with Crippen molar-refractivity contribution >= 4 is 15.9 Å². The van der Waals surface area contributed by atoms with Crippen LogP contribution in [0.4, 0.5) is 0 Å². The Morgan fingerprint density at radius 2 is 1.96 bits per heavy atom. The number of sulfonamides is 1. The summed E-state index contributed by atoms with van der Waals surface area (Å²) in [6.45, 7) is 5.10. The zero-order valence-corrected chi connectivity index (χ0v) is 14.3. The van der Waals surface area contributed by atoms with E-state index >= 15 is 0 Å². The topological polar surface area (TPSA) is 86.7 Å². The van der Waals surface area contributed by atoms with Gasteiger partial charge in [0.1, 0.15) is 0 Å². The Kier molecular flexibility index (Phi) is 5.78. The summed E-state index contributed by atoms with van der Waals surface area (Å²) in [6.07, 6.45) is 1.02. The lowest BCUT2D eigenvalue weighted by atomic mass is 9.94. The van der Waals surface area contributed by atoms with Gasteiger partial charge in [0, 0.05) is 25.2 Å². The fourth-order valence-electron chi connectivity index (χ4n) is 3.02. The van der Waals surface area contributed by atoms with Gasteiger partial charge in [-0.3, -0.25) is 4.79 Å². The summed E-state index contributed by atoms with van der Waals surface area (Å²) in [4.78, 5) is 12.1. The van der Waals surface area contributed by atoms with E-state index < -0.39 is 15.9 Å². The van der Waals surface area contributed by atoms with Gasteiger partial charge in [0.05, 0.1) is 11.5 Å². The molecule has 1 saturated heterocycles. The molecule has 0 aliphatic carbocycles. The molecule has 0 spiro atoms. The molecule has 0 saturated carbocycles. The number of piperidine rings is 1. The first-order valence-electron chi connectivity index (χ1n) is 7.84. The molecule has 6 nitrogen and oxygen atoms in total. The van der Waals surface area contributed by atoms with Crippen molar-refractivity contribution in [3.63, 3.8) is 0 Å². The number of aliphatic hydroxyl groups excluding tert-OH is 1. The maximum absolute atomic E-state index is 12.8. The number of nitrogens with zero attached hydrogens (tertiary/aromatic N) is 1. The Labute approximate surface area is 137 Å². The molecule has 2 N–H and O–H groups in total. The second-order valence-electron chi connectivity index (χ2n) is 6.28. The van der Waals surface area contributed by atoms with E-state index in [9.17, 15) is 13.2 Å². The normalized spacial score (nSPS) is 22.7. The molecule has 1 aromatic rings. The van der Waals surface area contributed by atoms with Crippen molar-refractivity contribution in [1.29, 1.82) is 0 Å². The van der Waals surface area contributed by atoms with Crippen molar-refractivity contribution in [2.75, 3.05) is 26.2 Å². The highest BCUT2D eigenvalue weighted by Crippen LogP contribution is 2.26. The molecule has 2 rings (SSSR count). The van der Waals surface area contributed by atoms with Crippen LogP contribution in [0, 0.1) is 11.8 Å². The van der Waals surface area contributed by atoms with E-state index in [-0.39, 0.29) is 23.6 Å². The van der Waals surface area contributed by atoms with Gasteiger partial charge in [-0.2, -0.15) is 4.31 Å². The fourth-order valence-corrected chi connectivity index (χ4v) is 4.75. The van der Waals surface area contributed by atoms with Gasteiger partial charge in [-0.25, -0.2) is 8.42 Å². The van der Waals surface area contributed by atoms with Gasteiger partial charge < -0.3 is 10.4 Å². The van der Waals surface area contributed by atoms with Gasteiger partial charge in [-0.1, -0.05) is 19.9 Å². The number of rotatable bonds is 5. The van der Waals surface area contributed by atoms with Crippen LogP contribution in [0.25, 0.3) is 0 Å². The van der Waals surface area contributed by atoms with E-state index in [1.165, 1.54) is 16.4 Å². The van der Waals surface area contributed by atoms with Crippen molar-refractivity contribution < 1.29 is 18.3 Å². The molecule has 0 radical (unpaired) electrons. The number of hydrogen-bond donors (Lipinski definition) is 2. The summed E-state index contributed by atoms with van der Waals surface area (Å²) in [5.74, 6) is 0.255. The predicted molar refractivity (Wildman–Crippen MR) is 87.6 cm³/mol. The van der Waals surface area contributed by atoms with Crippen molar-refractivity contribution in [2.24, 2.45) is 11.8 Å². The maximum atomic E-state index is 12.8. The van der Waals surface area contributed by atoms with Crippen molar-refractivity contribution in [3.05, 3.63) is 29.8 Å². The largest absolute Gasteiger partial charge is 0.395 e. The zero-order valence-electron chi connectivity index (χ0n) is 13.5. The van der Waals surface area contributed by atoms with E-state index in [2.05, 4.69) is 19.2 Å². The Bertz CT molecular complexity index is 650. The molecule has 0 bridgehead atoms. The smallest absolute Gasteiger partial charge is 0.251 e. The Morgan fingerprint density at radius 3 is 2.57 bits per heavy atom. The Balaban J connectivity index is 2.24. The van der Waals surface area contributed by atoms with Crippen LogP contribution < -0.4 is 5.32 Å². The van der Waals surface area contributed by atoms with Crippen LogP contribution >= 0.6 is 0 Å². The molecule has 7 heteroatoms. The van der Waals surface area contributed by atoms with Crippen LogP contribution in [0.5, 0.6) is 0 Å². The lowest BCUT2D eigenvalue weighted by Gasteiger charge is -2.34. The highest BCUT2D eigenvalue weighted by Gasteiger charge is 2.31. The third-order valence-electron chi connectivity index (χ3n) is 3.97. The van der Waals surface area contributed by atoms with Crippen molar-refractivity contribution in [1.82, 2.24) is 9.62 Å². The first kappa shape index (κ1) is 17.9. The second-order valence-corrected chi connectivity index (χ2v) is 8.21. The monoisotopic (exact) mass is 340 g/mol. The average molecular weight is 340 g/mol. The number of amides is 1. The molecule has 23 heavy (non-hydrogen) atoms. The molecular formula is C16H24N2O4S. The average Bonchev–Trinajstić information content (AvgIpc) is 2.51. The highest BCUT2D eigenvalue weighted by atomic mass is 32.2. The minimum Gasteiger partial charge on any atom is -0.395 e. The third-order valence-corrected chi connectivity index (χ3v) is 5.79. The molecule has 0 aromatic heterocycles. The minimum absolute atomic E-state index is 0.135. The van der Waals surface area contributed by atoms with E-state index in [1.54, 1.807) is 12.1 Å². The lowest BCUT2D eigenvalue weighted by molar-refractivity contribution is 0.0944. The van der Waals surface area contributed by atoms with Gasteiger partial charge in [-0.15, -0.1) is 0 Å². The number of aliphatic hydroxyl groups is 1. The summed E-state index contributed by atoms with van der Waals surface area (Å²) in [5, 5.41) is 11.3. The van der Waals surface area contributed by atoms with E-state index in [4.69, 9.17) is 5.11 Å². The molecule has 1 fully saturated rings. The molecule has 1 heterocycles. The molecule has 1 aromatic carbocycles. The molecule has 2 atom stereocenters. The minimum atomic E-state index is -3.60. The van der Waals surface area contributed by atoms with Gasteiger partial charge in [0.15, 0.2) is 0 Å². The molecule has 2 unspecified atom stereocenters. The third kappa shape index (κ3) is 4.31. The number of hydrogen-bond acceptors (Lipinski definition) is 4. The zero-order chi connectivity index (χ0) is 17.0. The molecular weight excluding hydrogens is 316 g/mol. The predicted octanol–water partition coefficient (Wildman–Crippen LogP) is 1.08. The summed E-state index contributed by atoms with van der Waals surface area (Å²) in [7, 11) is -3.60. The summed E-state index contributed by atoms with van der Waals surface area (Å²) in [5.41, 5.74) is 0.276. The first-order valence-corrected chi connectivity index (χ1v) is 9.28. The van der Waals surface area contributed by atoms with Crippen LogP contribution in [-0.2, 0) is 10.0 Å². The Hall–Kier alpha value is -1.44. The van der Waals surface area contributed by atoms with Gasteiger partial charge in [-0.05, 0) is 36.5 Å². The van der Waals surface area contributed by atoms with E-state index in [1.807, 2.05) is 0 Å². The summed E-state index contributed by atoms with van der Waals surface area (Å²) < 4.78 is 27.2. The SMILES string of the molecule is CC1CC(C)CN(S(=O)(=O)c2cccc(C(=O)NCCO)c2)C1. The summed E-state index contributed by atoms with van der Waals surface area (Å²) >= 11 is 0. The quantitative estimate of drug-likeness (QED) is 0.840. The van der Waals surface area contributed by atoms with Crippen LogP contribution in [-0.4, -0.2) is 50.0 Å². The second kappa shape index (κ2) is 7.42. The van der Waals surface area contributed by atoms with Crippen LogP contribution in [0.1, 0.15) is 30.6 Å². The van der Waals surface area contributed by atoms with Gasteiger partial charge in [0.25, 0.3) is 5.91 Å². The summed E-state index contributed by atoms with van der Waals surface area (Å²) in [6, 6.07) is 6.04.